The maximum Gasteiger partial charge on any atom is 0.163 e. The van der Waals surface area contributed by atoms with E-state index >= 15 is 0 Å². The van der Waals surface area contributed by atoms with E-state index in [0.717, 1.165) is 5.39 Å². The first-order chi connectivity index (χ1) is 14.2. The first-order valence-electron chi connectivity index (χ1n) is 9.71. The van der Waals surface area contributed by atoms with Gasteiger partial charge < -0.3 is 19.1 Å². The van der Waals surface area contributed by atoms with Crippen LogP contribution in [0, 0.1) is 11.7 Å². The second kappa shape index (κ2) is 7.14. The summed E-state index contributed by atoms with van der Waals surface area (Å²) < 4.78 is 28.4. The Balaban J connectivity index is 1.54. The van der Waals surface area contributed by atoms with Crippen molar-refractivity contribution in [2.45, 2.75) is 50.4 Å². The van der Waals surface area contributed by atoms with E-state index in [1.165, 1.54) is 18.5 Å². The van der Waals surface area contributed by atoms with Crippen molar-refractivity contribution in [1.82, 2.24) is 14.5 Å². The molecule has 3 heterocycles. The van der Waals surface area contributed by atoms with Gasteiger partial charge in [-0.2, -0.15) is 0 Å². The molecule has 2 aromatic heterocycles. The van der Waals surface area contributed by atoms with Crippen LogP contribution in [0.1, 0.15) is 38.0 Å². The molecule has 1 saturated heterocycles. The maximum absolute atomic E-state index is 14.0. The van der Waals surface area contributed by atoms with Crippen LogP contribution < -0.4 is 0 Å². The lowest BCUT2D eigenvalue weighted by Gasteiger charge is -2.27. The molecule has 1 aliphatic heterocycles. The second-order valence-corrected chi connectivity index (χ2v) is 9.04. The number of ether oxygens (including phenoxy) is 2. The fraction of sp³-hybridized carbons (Fsp3) is 0.429. The van der Waals surface area contributed by atoms with Crippen LogP contribution in [-0.2, 0) is 9.47 Å². The Labute approximate surface area is 182 Å². The quantitative estimate of drug-likeness (QED) is 0.584. The molecule has 0 bridgehead atoms. The summed E-state index contributed by atoms with van der Waals surface area (Å²) in [6.45, 7) is 3.70. The van der Waals surface area contributed by atoms with E-state index in [0.29, 0.717) is 22.8 Å². The fourth-order valence-electron chi connectivity index (χ4n) is 4.72. The van der Waals surface area contributed by atoms with Gasteiger partial charge in [-0.3, -0.25) is 0 Å². The van der Waals surface area contributed by atoms with Gasteiger partial charge >= 0.3 is 0 Å². The van der Waals surface area contributed by atoms with E-state index in [2.05, 4.69) is 9.97 Å². The van der Waals surface area contributed by atoms with Crippen LogP contribution in [-0.4, -0.2) is 37.6 Å². The Kier molecular flexibility index (Phi) is 4.79. The molecule has 30 heavy (non-hydrogen) atoms. The van der Waals surface area contributed by atoms with Crippen molar-refractivity contribution in [1.29, 1.82) is 0 Å². The predicted octanol–water partition coefficient (Wildman–Crippen LogP) is 4.69. The number of halogens is 3. The molecule has 0 unspecified atom stereocenters. The number of benzene rings is 1. The van der Waals surface area contributed by atoms with Crippen molar-refractivity contribution < 1.29 is 19.0 Å². The summed E-state index contributed by atoms with van der Waals surface area (Å²) in [4.78, 5) is 8.42. The van der Waals surface area contributed by atoms with E-state index in [9.17, 15) is 9.50 Å². The molecular formula is C21H20Cl2FN3O3. The zero-order valence-corrected chi connectivity index (χ0v) is 17.8. The molecule has 158 valence electrons. The van der Waals surface area contributed by atoms with Crippen LogP contribution in [0.15, 0.2) is 36.8 Å². The van der Waals surface area contributed by atoms with E-state index in [-0.39, 0.29) is 29.2 Å². The average Bonchev–Trinajstić information content (AvgIpc) is 3.34. The molecule has 1 aliphatic carbocycles. The van der Waals surface area contributed by atoms with Gasteiger partial charge in [0.15, 0.2) is 5.79 Å². The SMILES string of the molecule is CC1(C)O[C@@H]2[C@@H]([C@@H](O)c3ccc(Cl)c(F)c3)C[C@@H](n3ccc4c(Cl)ncnc43)[C@@H]2O1. The van der Waals surface area contributed by atoms with Gasteiger partial charge in [-0.15, -0.1) is 0 Å². The van der Waals surface area contributed by atoms with Crippen LogP contribution in [0.5, 0.6) is 0 Å². The molecule has 1 N–H and O–H groups in total. The molecule has 2 fully saturated rings. The highest BCUT2D eigenvalue weighted by Crippen LogP contribution is 2.51. The van der Waals surface area contributed by atoms with E-state index in [1.54, 1.807) is 6.07 Å². The standard InChI is InChI=1S/C21H20Cl2FN3O3/c1-21(2)29-17-12(16(28)10-3-4-13(22)14(24)7-10)8-15(18(17)30-21)27-6-5-11-19(23)25-9-26-20(11)27/h3-7,9,12,15-18,28H,8H2,1-2H3/t12-,15-,16+,17-,18+/m1/s1. The van der Waals surface area contributed by atoms with Crippen LogP contribution in [0.3, 0.4) is 0 Å². The lowest BCUT2D eigenvalue weighted by Crippen LogP contribution is -2.29. The zero-order valence-electron chi connectivity index (χ0n) is 16.3. The van der Waals surface area contributed by atoms with Crippen molar-refractivity contribution in [3.05, 3.63) is 58.3 Å². The summed E-state index contributed by atoms with van der Waals surface area (Å²) in [7, 11) is 0. The number of nitrogens with zero attached hydrogens (tertiary/aromatic N) is 3. The molecule has 0 amide bonds. The number of hydrogen-bond donors (Lipinski definition) is 1. The highest BCUT2D eigenvalue weighted by molar-refractivity contribution is 6.33. The molecule has 3 aromatic rings. The van der Waals surface area contributed by atoms with Crippen molar-refractivity contribution in [2.24, 2.45) is 5.92 Å². The van der Waals surface area contributed by atoms with Crippen LogP contribution in [0.4, 0.5) is 4.39 Å². The second-order valence-electron chi connectivity index (χ2n) is 8.27. The predicted molar refractivity (Wildman–Crippen MR) is 110 cm³/mol. The summed E-state index contributed by atoms with van der Waals surface area (Å²) in [6, 6.07) is 6.09. The third-order valence-corrected chi connectivity index (χ3v) is 6.59. The van der Waals surface area contributed by atoms with Crippen molar-refractivity contribution >= 4 is 34.2 Å². The summed E-state index contributed by atoms with van der Waals surface area (Å²) in [5.41, 5.74) is 1.15. The van der Waals surface area contributed by atoms with Gasteiger partial charge in [0.05, 0.1) is 28.7 Å². The fourth-order valence-corrected chi connectivity index (χ4v) is 5.03. The minimum Gasteiger partial charge on any atom is -0.388 e. The number of aliphatic hydroxyl groups excluding tert-OH is 1. The molecule has 5 rings (SSSR count). The summed E-state index contributed by atoms with van der Waals surface area (Å²) in [5.74, 6) is -1.67. The minimum atomic E-state index is -0.938. The topological polar surface area (TPSA) is 69.4 Å². The normalized spacial score (nSPS) is 28.7. The number of rotatable bonds is 3. The smallest absolute Gasteiger partial charge is 0.163 e. The number of fused-ring (bicyclic) bond motifs is 2. The number of hydrogen-bond acceptors (Lipinski definition) is 5. The molecule has 2 aliphatic rings. The van der Waals surface area contributed by atoms with Crippen molar-refractivity contribution in [3.63, 3.8) is 0 Å². The lowest BCUT2D eigenvalue weighted by atomic mass is 9.92. The van der Waals surface area contributed by atoms with Gasteiger partial charge in [0.25, 0.3) is 0 Å². The highest BCUT2D eigenvalue weighted by atomic mass is 35.5. The molecule has 1 aromatic carbocycles. The van der Waals surface area contributed by atoms with Crippen LogP contribution in [0.25, 0.3) is 11.0 Å². The third-order valence-electron chi connectivity index (χ3n) is 5.99. The molecular weight excluding hydrogens is 432 g/mol. The Morgan fingerprint density at radius 2 is 1.97 bits per heavy atom. The number of aromatic nitrogens is 3. The van der Waals surface area contributed by atoms with Gasteiger partial charge in [0.2, 0.25) is 0 Å². The molecule has 9 heteroatoms. The van der Waals surface area contributed by atoms with Gasteiger partial charge in [0.1, 0.15) is 29.0 Å². The molecule has 0 spiro atoms. The van der Waals surface area contributed by atoms with Crippen LogP contribution >= 0.6 is 23.2 Å². The van der Waals surface area contributed by atoms with Gasteiger partial charge in [-0.05, 0) is 44.0 Å². The summed E-state index contributed by atoms with van der Waals surface area (Å²) in [6.07, 6.45) is 2.27. The van der Waals surface area contributed by atoms with Crippen LogP contribution in [0.2, 0.25) is 10.2 Å². The molecule has 1 saturated carbocycles. The first-order valence-corrected chi connectivity index (χ1v) is 10.5. The highest BCUT2D eigenvalue weighted by Gasteiger charge is 2.56. The Bertz CT molecular complexity index is 1120. The summed E-state index contributed by atoms with van der Waals surface area (Å²) >= 11 is 12.0. The van der Waals surface area contributed by atoms with Crippen molar-refractivity contribution in [3.8, 4) is 0 Å². The largest absolute Gasteiger partial charge is 0.388 e. The third kappa shape index (κ3) is 3.20. The summed E-state index contributed by atoms with van der Waals surface area (Å²) in [5, 5.41) is 12.3. The number of aliphatic hydroxyl groups is 1. The first kappa shape index (κ1) is 20.2. The van der Waals surface area contributed by atoms with Gasteiger partial charge in [0, 0.05) is 12.1 Å². The van der Waals surface area contributed by atoms with E-state index in [1.807, 2.05) is 30.7 Å². The Morgan fingerprint density at radius 1 is 1.20 bits per heavy atom. The van der Waals surface area contributed by atoms with E-state index < -0.39 is 17.7 Å². The van der Waals surface area contributed by atoms with Gasteiger partial charge in [-0.1, -0.05) is 29.3 Å². The minimum absolute atomic E-state index is 0.0186. The lowest BCUT2D eigenvalue weighted by molar-refractivity contribution is -0.165. The van der Waals surface area contributed by atoms with Crippen molar-refractivity contribution in [2.75, 3.05) is 0 Å². The maximum atomic E-state index is 14.0. The molecule has 5 atom stereocenters. The average molecular weight is 452 g/mol. The molecule has 0 radical (unpaired) electrons. The zero-order chi connectivity index (χ0) is 21.2. The monoisotopic (exact) mass is 451 g/mol. The van der Waals surface area contributed by atoms with E-state index in [4.69, 9.17) is 32.7 Å². The molecule has 6 nitrogen and oxygen atoms in total. The van der Waals surface area contributed by atoms with Gasteiger partial charge in [-0.25, -0.2) is 14.4 Å². The Hall–Kier alpha value is -1.77. The Morgan fingerprint density at radius 3 is 2.73 bits per heavy atom.